The maximum atomic E-state index is 13.3. The van der Waals surface area contributed by atoms with Gasteiger partial charge in [-0.15, -0.1) is 24.5 Å². The Bertz CT molecular complexity index is 1790. The molecule has 4 rings (SSSR count). The van der Waals surface area contributed by atoms with Crippen LogP contribution in [0.15, 0.2) is 114 Å². The van der Waals surface area contributed by atoms with E-state index in [-0.39, 0.29) is 12.4 Å². The van der Waals surface area contributed by atoms with E-state index in [1.165, 1.54) is 0 Å². The number of rotatable bonds is 18. The average molecular weight is 716 g/mol. The summed E-state index contributed by atoms with van der Waals surface area (Å²) < 4.78 is 50.9. The van der Waals surface area contributed by atoms with Crippen LogP contribution in [0.1, 0.15) is 79.8 Å². The van der Waals surface area contributed by atoms with E-state index in [0.717, 1.165) is 76.7 Å². The standard InChI is InChI=1S/C43H48F3NO3S/c1-5-6-27-47(28-13-14-29-48)37-21-19-36(41(30-37)49-31-34-15-9-7-10-16-34)20-22-38-23-24-39(51-38)25-26-40(35-17-11-8-12-18-35)33(4)42(32(2)3)50-43(44,45)46/h7-12,15-26,30,48H,5-6,13-14,27-29,31H2,1-4H3/b22-20+,26-25+,40-33-. The number of hydrogen-bond acceptors (Lipinski definition) is 5. The summed E-state index contributed by atoms with van der Waals surface area (Å²) >= 11 is 1.58. The lowest BCUT2D eigenvalue weighted by molar-refractivity contribution is -0.304. The number of allylic oxidation sites excluding steroid dienone is 4. The van der Waals surface area contributed by atoms with Gasteiger partial charge in [0.05, 0.1) is 0 Å². The van der Waals surface area contributed by atoms with E-state index in [4.69, 9.17) is 4.74 Å². The number of ether oxygens (including phenoxy) is 2. The van der Waals surface area contributed by atoms with E-state index in [2.05, 4.69) is 46.9 Å². The quantitative estimate of drug-likeness (QED) is 0.0633. The van der Waals surface area contributed by atoms with Crippen molar-refractivity contribution in [2.45, 2.75) is 66.3 Å². The van der Waals surface area contributed by atoms with Gasteiger partial charge in [0.1, 0.15) is 18.1 Å². The number of benzene rings is 3. The lowest BCUT2D eigenvalue weighted by Crippen LogP contribution is -2.25. The van der Waals surface area contributed by atoms with Crippen LogP contribution in [-0.2, 0) is 11.3 Å². The molecule has 0 aliphatic rings. The molecule has 0 bridgehead atoms. The topological polar surface area (TPSA) is 41.9 Å². The van der Waals surface area contributed by atoms with Gasteiger partial charge in [-0.2, -0.15) is 0 Å². The van der Waals surface area contributed by atoms with Crippen LogP contribution in [0.4, 0.5) is 18.9 Å². The fraction of sp³-hybridized carbons (Fsp3) is 0.302. The highest BCUT2D eigenvalue weighted by Crippen LogP contribution is 2.34. The van der Waals surface area contributed by atoms with E-state index >= 15 is 0 Å². The molecule has 1 N–H and O–H groups in total. The maximum absolute atomic E-state index is 13.3. The van der Waals surface area contributed by atoms with Crippen LogP contribution < -0.4 is 9.64 Å². The monoisotopic (exact) mass is 715 g/mol. The van der Waals surface area contributed by atoms with Crippen LogP contribution in [0.5, 0.6) is 5.75 Å². The summed E-state index contributed by atoms with van der Waals surface area (Å²) in [5.74, 6) is 0.605. The summed E-state index contributed by atoms with van der Waals surface area (Å²) in [4.78, 5) is 4.35. The van der Waals surface area contributed by atoms with Crippen LogP contribution in [0.25, 0.3) is 23.8 Å². The number of aliphatic hydroxyl groups excluding tert-OH is 1. The second-order valence-corrected chi connectivity index (χ2v) is 13.6. The minimum absolute atomic E-state index is 0.184. The molecule has 0 unspecified atom stereocenters. The van der Waals surface area contributed by atoms with Crippen molar-refractivity contribution in [3.8, 4) is 5.75 Å². The first-order chi connectivity index (χ1) is 24.6. The number of unbranched alkanes of at least 4 members (excludes halogenated alkanes) is 2. The summed E-state index contributed by atoms with van der Waals surface area (Å²) in [5, 5.41) is 9.34. The largest absolute Gasteiger partial charge is 0.573 e. The molecular formula is C43H48F3NO3S. The average Bonchev–Trinajstić information content (AvgIpc) is 3.58. The molecule has 0 atom stereocenters. The van der Waals surface area contributed by atoms with Crippen LogP contribution in [0, 0.1) is 0 Å². The van der Waals surface area contributed by atoms with Gasteiger partial charge in [0, 0.05) is 46.8 Å². The first kappa shape index (κ1) is 39.3. The lowest BCUT2D eigenvalue weighted by Gasteiger charge is -2.26. The normalized spacial score (nSPS) is 12.3. The highest BCUT2D eigenvalue weighted by molar-refractivity contribution is 7.13. The van der Waals surface area contributed by atoms with E-state index < -0.39 is 6.36 Å². The Morgan fingerprint density at radius 2 is 1.47 bits per heavy atom. The Balaban J connectivity index is 1.62. The number of anilines is 1. The molecule has 4 nitrogen and oxygen atoms in total. The van der Waals surface area contributed by atoms with Crippen LogP contribution in [-0.4, -0.2) is 31.2 Å². The van der Waals surface area contributed by atoms with Crippen LogP contribution in [0.2, 0.25) is 0 Å². The molecule has 0 aliphatic heterocycles. The van der Waals surface area contributed by atoms with Crippen LogP contribution >= 0.6 is 11.3 Å². The third kappa shape index (κ3) is 12.6. The Labute approximate surface area is 304 Å². The molecule has 0 amide bonds. The zero-order valence-electron chi connectivity index (χ0n) is 29.9. The van der Waals surface area contributed by atoms with Gasteiger partial charge in [-0.05, 0) is 110 Å². The Kier molecular flexibility index (Phi) is 15.2. The van der Waals surface area contributed by atoms with Crippen molar-refractivity contribution in [2.24, 2.45) is 0 Å². The lowest BCUT2D eigenvalue weighted by atomic mass is 9.97. The highest BCUT2D eigenvalue weighted by Gasteiger charge is 2.33. The molecular weight excluding hydrogens is 668 g/mol. The van der Waals surface area contributed by atoms with Crippen molar-refractivity contribution in [3.63, 3.8) is 0 Å². The van der Waals surface area contributed by atoms with Gasteiger partial charge >= 0.3 is 6.36 Å². The van der Waals surface area contributed by atoms with Crippen LogP contribution in [0.3, 0.4) is 0 Å². The molecule has 1 heterocycles. The second kappa shape index (κ2) is 19.8. The minimum atomic E-state index is -4.80. The third-order valence-electron chi connectivity index (χ3n) is 8.21. The van der Waals surface area contributed by atoms with Gasteiger partial charge in [0.2, 0.25) is 0 Å². The Morgan fingerprint density at radius 1 is 0.804 bits per heavy atom. The predicted octanol–water partition coefficient (Wildman–Crippen LogP) is 12.2. The van der Waals surface area contributed by atoms with Gasteiger partial charge in [0.15, 0.2) is 0 Å². The van der Waals surface area contributed by atoms with Gasteiger partial charge in [-0.25, -0.2) is 0 Å². The zero-order valence-corrected chi connectivity index (χ0v) is 30.7. The van der Waals surface area contributed by atoms with E-state index in [0.29, 0.717) is 23.3 Å². The number of alkyl halides is 3. The molecule has 0 fully saturated rings. The molecule has 0 aliphatic carbocycles. The highest BCUT2D eigenvalue weighted by atomic mass is 32.1. The van der Waals surface area contributed by atoms with Gasteiger partial charge < -0.3 is 19.5 Å². The molecule has 4 aromatic rings. The SMILES string of the molecule is CCCCN(CCCCO)c1ccc(/C=C/c2ccc(/C=C/C(=C(\C)C(OC(F)(F)F)=C(C)C)c3ccccc3)s2)c(OCc2ccccc2)c1. The second-order valence-electron chi connectivity index (χ2n) is 12.5. The number of hydrogen-bond donors (Lipinski definition) is 1. The Hall–Kier alpha value is -4.53. The number of nitrogens with zero attached hydrogens (tertiary/aromatic N) is 1. The van der Waals surface area contributed by atoms with Gasteiger partial charge in [0.25, 0.3) is 0 Å². The van der Waals surface area contributed by atoms with Crippen molar-refractivity contribution in [1.82, 2.24) is 0 Å². The molecule has 3 aromatic carbocycles. The maximum Gasteiger partial charge on any atom is 0.573 e. The molecule has 0 radical (unpaired) electrons. The van der Waals surface area contributed by atoms with Crippen molar-refractivity contribution >= 4 is 40.8 Å². The fourth-order valence-electron chi connectivity index (χ4n) is 5.58. The smallest absolute Gasteiger partial charge is 0.488 e. The molecule has 0 saturated heterocycles. The molecule has 51 heavy (non-hydrogen) atoms. The van der Waals surface area contributed by atoms with E-state index in [1.807, 2.05) is 84.9 Å². The summed E-state index contributed by atoms with van der Waals surface area (Å²) in [6.45, 7) is 9.51. The number of halogens is 3. The molecule has 8 heteroatoms. The molecule has 1 aromatic heterocycles. The van der Waals surface area contributed by atoms with Crippen molar-refractivity contribution in [3.05, 3.63) is 140 Å². The van der Waals surface area contributed by atoms with Gasteiger partial charge in [-0.1, -0.05) is 80.1 Å². The van der Waals surface area contributed by atoms with E-state index in [1.54, 1.807) is 32.1 Å². The Morgan fingerprint density at radius 3 is 2.12 bits per heavy atom. The molecule has 0 saturated carbocycles. The van der Waals surface area contributed by atoms with Crippen molar-refractivity contribution < 1.29 is 27.8 Å². The van der Waals surface area contributed by atoms with E-state index in [9.17, 15) is 18.3 Å². The summed E-state index contributed by atoms with van der Waals surface area (Å²) in [6, 6.07) is 29.8. The first-order valence-electron chi connectivity index (χ1n) is 17.4. The summed E-state index contributed by atoms with van der Waals surface area (Å²) in [6.07, 6.45) is 6.95. The fourth-order valence-corrected chi connectivity index (χ4v) is 6.40. The predicted molar refractivity (Wildman–Crippen MR) is 207 cm³/mol. The minimum Gasteiger partial charge on any atom is -0.488 e. The number of thiophene rings is 1. The zero-order chi connectivity index (χ0) is 36.6. The summed E-state index contributed by atoms with van der Waals surface area (Å²) in [7, 11) is 0. The third-order valence-corrected chi connectivity index (χ3v) is 9.22. The molecule has 270 valence electrons. The van der Waals surface area contributed by atoms with Gasteiger partial charge in [-0.3, -0.25) is 0 Å². The van der Waals surface area contributed by atoms with Crippen molar-refractivity contribution in [1.29, 1.82) is 0 Å². The first-order valence-corrected chi connectivity index (χ1v) is 18.2. The van der Waals surface area contributed by atoms with Crippen molar-refractivity contribution in [2.75, 3.05) is 24.6 Å². The molecule has 0 spiro atoms. The number of aliphatic hydroxyl groups is 1. The summed E-state index contributed by atoms with van der Waals surface area (Å²) in [5.41, 5.74) is 5.41.